The van der Waals surface area contributed by atoms with Crippen LogP contribution in [0.2, 0.25) is 0 Å². The number of piperazine rings is 1. The highest BCUT2D eigenvalue weighted by atomic mass is 16.4. The first-order chi connectivity index (χ1) is 9.35. The van der Waals surface area contributed by atoms with Crippen LogP contribution >= 0.6 is 0 Å². The number of carbonyl (C=O) groups is 1. The van der Waals surface area contributed by atoms with E-state index in [0.29, 0.717) is 25.4 Å². The van der Waals surface area contributed by atoms with Crippen LogP contribution in [0.1, 0.15) is 34.1 Å². The fraction of sp³-hybridized carbons (Fsp3) is 0.857. The van der Waals surface area contributed by atoms with E-state index in [-0.39, 0.29) is 11.7 Å². The van der Waals surface area contributed by atoms with E-state index in [2.05, 4.69) is 23.9 Å². The Kier molecular flexibility index (Phi) is 5.80. The first kappa shape index (κ1) is 16.8. The number of carbonyl (C=O) groups excluding carboxylic acids is 1. The molecule has 0 aliphatic carbocycles. The Balaban J connectivity index is 2.66. The highest BCUT2D eigenvalue weighted by Gasteiger charge is 2.40. The summed E-state index contributed by atoms with van der Waals surface area (Å²) < 4.78 is 0. The van der Waals surface area contributed by atoms with Gasteiger partial charge in [-0.2, -0.15) is 0 Å². The molecule has 1 rings (SSSR count). The molecule has 1 atom stereocenters. The van der Waals surface area contributed by atoms with Gasteiger partial charge in [-0.05, 0) is 19.3 Å². The van der Waals surface area contributed by atoms with Crippen molar-refractivity contribution in [3.63, 3.8) is 0 Å². The van der Waals surface area contributed by atoms with Gasteiger partial charge in [0, 0.05) is 32.7 Å². The molecule has 1 saturated heterocycles. The van der Waals surface area contributed by atoms with Crippen LogP contribution in [0.3, 0.4) is 0 Å². The van der Waals surface area contributed by atoms with Crippen molar-refractivity contribution < 1.29 is 10.0 Å². The molecule has 0 bridgehead atoms. The summed E-state index contributed by atoms with van der Waals surface area (Å²) in [5, 5.41) is 11.9. The van der Waals surface area contributed by atoms with Crippen LogP contribution in [0.15, 0.2) is 5.16 Å². The van der Waals surface area contributed by atoms with Gasteiger partial charge in [0.25, 0.3) is 0 Å². The number of rotatable bonds is 5. The third-order valence-electron chi connectivity index (χ3n) is 4.14. The van der Waals surface area contributed by atoms with Crippen molar-refractivity contribution in [3.05, 3.63) is 0 Å². The van der Waals surface area contributed by atoms with Crippen LogP contribution in [-0.2, 0) is 4.79 Å². The van der Waals surface area contributed by atoms with Crippen LogP contribution in [-0.4, -0.2) is 59.5 Å². The fourth-order valence-electron chi connectivity index (χ4n) is 2.55. The lowest BCUT2D eigenvalue weighted by atomic mass is 9.84. The zero-order valence-corrected chi connectivity index (χ0v) is 13.1. The number of nitrogens with zero attached hydrogens (tertiary/aromatic N) is 3. The molecule has 1 heterocycles. The molecule has 0 spiro atoms. The van der Waals surface area contributed by atoms with Crippen molar-refractivity contribution in [1.82, 2.24) is 9.80 Å². The van der Waals surface area contributed by atoms with Gasteiger partial charge in [-0.1, -0.05) is 25.9 Å². The summed E-state index contributed by atoms with van der Waals surface area (Å²) in [6.07, 6.45) is 0.522. The molecule has 1 aliphatic rings. The highest BCUT2D eigenvalue weighted by Crippen LogP contribution is 2.25. The maximum absolute atomic E-state index is 12.6. The predicted octanol–water partition coefficient (Wildman–Crippen LogP) is 0.949. The van der Waals surface area contributed by atoms with Crippen LogP contribution in [0, 0.1) is 11.3 Å². The lowest BCUT2D eigenvalue weighted by Crippen LogP contribution is -2.55. The number of amidine groups is 1. The van der Waals surface area contributed by atoms with Crippen molar-refractivity contribution in [2.45, 2.75) is 34.1 Å². The van der Waals surface area contributed by atoms with E-state index in [4.69, 9.17) is 10.9 Å². The average molecular weight is 284 g/mol. The molecule has 0 saturated carbocycles. The second-order valence-corrected chi connectivity index (χ2v) is 6.16. The fourth-order valence-corrected chi connectivity index (χ4v) is 2.55. The van der Waals surface area contributed by atoms with Gasteiger partial charge in [0.15, 0.2) is 5.84 Å². The molecular formula is C14H28N4O2. The average Bonchev–Trinajstić information content (AvgIpc) is 2.45. The minimum absolute atomic E-state index is 0.00499. The van der Waals surface area contributed by atoms with E-state index < -0.39 is 5.41 Å². The molecule has 1 amide bonds. The minimum Gasteiger partial charge on any atom is -0.409 e. The van der Waals surface area contributed by atoms with Gasteiger partial charge in [-0.15, -0.1) is 0 Å². The van der Waals surface area contributed by atoms with Crippen LogP contribution in [0.5, 0.6) is 0 Å². The van der Waals surface area contributed by atoms with Gasteiger partial charge in [-0.3, -0.25) is 9.69 Å². The zero-order valence-electron chi connectivity index (χ0n) is 13.1. The monoisotopic (exact) mass is 284 g/mol. The minimum atomic E-state index is -0.908. The van der Waals surface area contributed by atoms with Gasteiger partial charge in [0.05, 0.1) is 0 Å². The lowest BCUT2D eigenvalue weighted by Gasteiger charge is -2.39. The molecule has 1 aliphatic heterocycles. The van der Waals surface area contributed by atoms with E-state index in [1.807, 2.05) is 11.8 Å². The number of amides is 1. The van der Waals surface area contributed by atoms with E-state index in [1.165, 1.54) is 0 Å². The largest absolute Gasteiger partial charge is 0.409 e. The number of hydrogen-bond donors (Lipinski definition) is 2. The molecule has 6 nitrogen and oxygen atoms in total. The molecule has 116 valence electrons. The zero-order chi connectivity index (χ0) is 15.3. The van der Waals surface area contributed by atoms with Crippen molar-refractivity contribution in [3.8, 4) is 0 Å². The summed E-state index contributed by atoms with van der Waals surface area (Å²) in [4.78, 5) is 16.8. The molecule has 1 unspecified atom stereocenters. The second kappa shape index (κ2) is 6.92. The van der Waals surface area contributed by atoms with Gasteiger partial charge < -0.3 is 15.8 Å². The lowest BCUT2D eigenvalue weighted by molar-refractivity contribution is -0.139. The van der Waals surface area contributed by atoms with E-state index in [9.17, 15) is 4.79 Å². The van der Waals surface area contributed by atoms with Crippen molar-refractivity contribution in [2.24, 2.45) is 22.2 Å². The summed E-state index contributed by atoms with van der Waals surface area (Å²) in [5.41, 5.74) is 4.80. The second-order valence-electron chi connectivity index (χ2n) is 6.16. The Morgan fingerprint density at radius 2 is 1.90 bits per heavy atom. The smallest absolute Gasteiger partial charge is 0.236 e. The topological polar surface area (TPSA) is 82.2 Å². The predicted molar refractivity (Wildman–Crippen MR) is 79.7 cm³/mol. The number of hydrogen-bond acceptors (Lipinski definition) is 4. The Morgan fingerprint density at radius 3 is 2.30 bits per heavy atom. The summed E-state index contributed by atoms with van der Waals surface area (Å²) in [5.74, 6) is 0.587. The van der Waals surface area contributed by atoms with E-state index in [0.717, 1.165) is 19.6 Å². The molecular weight excluding hydrogens is 256 g/mol. The van der Waals surface area contributed by atoms with Crippen LogP contribution < -0.4 is 5.73 Å². The van der Waals surface area contributed by atoms with Gasteiger partial charge in [-0.25, -0.2) is 0 Å². The summed E-state index contributed by atoms with van der Waals surface area (Å²) >= 11 is 0. The molecule has 3 N–H and O–H groups in total. The quantitative estimate of drug-likeness (QED) is 0.341. The van der Waals surface area contributed by atoms with Gasteiger partial charge >= 0.3 is 0 Å². The first-order valence-electron chi connectivity index (χ1n) is 7.34. The SMILES string of the molecule is CCC(C)(C(=O)N1CCN(CC(C)C)CC1)C(N)=NO. The molecule has 0 aromatic carbocycles. The summed E-state index contributed by atoms with van der Waals surface area (Å²) in [7, 11) is 0. The number of nitrogens with two attached hydrogens (primary N) is 1. The van der Waals surface area contributed by atoms with E-state index >= 15 is 0 Å². The third-order valence-corrected chi connectivity index (χ3v) is 4.14. The van der Waals surface area contributed by atoms with Gasteiger partial charge in [0.2, 0.25) is 5.91 Å². The Labute approximate surface area is 121 Å². The van der Waals surface area contributed by atoms with E-state index in [1.54, 1.807) is 6.92 Å². The van der Waals surface area contributed by atoms with Crippen molar-refractivity contribution in [2.75, 3.05) is 32.7 Å². The summed E-state index contributed by atoms with van der Waals surface area (Å²) in [6, 6.07) is 0. The molecule has 0 radical (unpaired) electrons. The highest BCUT2D eigenvalue weighted by molar-refractivity contribution is 6.06. The Hall–Kier alpha value is -1.30. The van der Waals surface area contributed by atoms with Gasteiger partial charge in [0.1, 0.15) is 5.41 Å². The first-order valence-corrected chi connectivity index (χ1v) is 7.34. The summed E-state index contributed by atoms with van der Waals surface area (Å²) in [6.45, 7) is 12.3. The molecule has 0 aromatic heterocycles. The maximum Gasteiger partial charge on any atom is 0.236 e. The Morgan fingerprint density at radius 1 is 1.35 bits per heavy atom. The third kappa shape index (κ3) is 3.62. The molecule has 1 fully saturated rings. The molecule has 6 heteroatoms. The molecule has 0 aromatic rings. The van der Waals surface area contributed by atoms with Crippen LogP contribution in [0.4, 0.5) is 0 Å². The normalized spacial score (nSPS) is 21.1. The standard InChI is InChI=1S/C14H28N4O2/c1-5-14(4,12(15)16-20)13(19)18-8-6-17(7-9-18)10-11(2)3/h11,20H,5-10H2,1-4H3,(H2,15,16). The van der Waals surface area contributed by atoms with Crippen molar-refractivity contribution in [1.29, 1.82) is 0 Å². The van der Waals surface area contributed by atoms with Crippen LogP contribution in [0.25, 0.3) is 0 Å². The maximum atomic E-state index is 12.6. The van der Waals surface area contributed by atoms with Crippen molar-refractivity contribution >= 4 is 11.7 Å². The number of oxime groups is 1. The molecule has 20 heavy (non-hydrogen) atoms. The Bertz CT molecular complexity index is 362.